The third-order valence-electron chi connectivity index (χ3n) is 10.9. The highest BCUT2D eigenvalue weighted by molar-refractivity contribution is 7.90. The van der Waals surface area contributed by atoms with E-state index in [-0.39, 0.29) is 23.3 Å². The first-order valence-corrected chi connectivity index (χ1v) is 19.6. The molecule has 0 bridgehead atoms. The number of sulfone groups is 1. The smallest absolute Gasteiger partial charge is 0.317 e. The zero-order valence-corrected chi connectivity index (χ0v) is 28.9. The zero-order valence-electron chi connectivity index (χ0n) is 28.0. The van der Waals surface area contributed by atoms with Gasteiger partial charge in [-0.3, -0.25) is 4.79 Å². The molecule has 2 aromatic rings. The van der Waals surface area contributed by atoms with Gasteiger partial charge in [0.25, 0.3) is 5.91 Å². The number of hydrogen-bond acceptors (Lipinski definition) is 4. The third kappa shape index (κ3) is 8.71. The van der Waals surface area contributed by atoms with Crippen LogP contribution in [0.2, 0.25) is 0 Å². The van der Waals surface area contributed by atoms with Crippen molar-refractivity contribution in [3.63, 3.8) is 0 Å². The van der Waals surface area contributed by atoms with E-state index in [2.05, 4.69) is 47.6 Å². The van der Waals surface area contributed by atoms with Crippen LogP contribution in [0, 0.1) is 5.92 Å². The second kappa shape index (κ2) is 15.8. The van der Waals surface area contributed by atoms with Crippen LogP contribution in [-0.2, 0) is 21.1 Å². The first kappa shape index (κ1) is 34.4. The molecule has 3 aliphatic rings. The van der Waals surface area contributed by atoms with Gasteiger partial charge in [0.15, 0.2) is 9.84 Å². The zero-order chi connectivity index (χ0) is 32.6. The molecule has 2 heterocycles. The van der Waals surface area contributed by atoms with E-state index in [1.54, 1.807) is 24.3 Å². The van der Waals surface area contributed by atoms with Crippen LogP contribution in [-0.4, -0.2) is 86.4 Å². The van der Waals surface area contributed by atoms with E-state index in [1.807, 2.05) is 4.90 Å². The normalized spacial score (nSPS) is 20.2. The Morgan fingerprint density at radius 2 is 1.52 bits per heavy atom. The van der Waals surface area contributed by atoms with Gasteiger partial charge in [-0.05, 0) is 87.0 Å². The fourth-order valence-corrected chi connectivity index (χ4v) is 8.92. The fraction of sp³-hybridized carbons (Fsp3) is 0.622. The van der Waals surface area contributed by atoms with Gasteiger partial charge in [-0.1, -0.05) is 61.7 Å². The molecule has 3 amide bonds. The highest BCUT2D eigenvalue weighted by Crippen LogP contribution is 2.37. The summed E-state index contributed by atoms with van der Waals surface area (Å²) in [5, 5.41) is 5.41. The molecule has 0 radical (unpaired) electrons. The minimum absolute atomic E-state index is 0.102. The Morgan fingerprint density at radius 3 is 2.13 bits per heavy atom. The Balaban J connectivity index is 1.27. The van der Waals surface area contributed by atoms with Crippen molar-refractivity contribution in [1.29, 1.82) is 0 Å². The summed E-state index contributed by atoms with van der Waals surface area (Å²) in [4.78, 5) is 29.3. The van der Waals surface area contributed by atoms with Gasteiger partial charge in [0.1, 0.15) is 19.6 Å². The Bertz CT molecular complexity index is 1380. The largest absolute Gasteiger partial charge is 0.335 e. The molecule has 1 atom stereocenters. The highest BCUT2D eigenvalue weighted by atomic mass is 32.2. The molecule has 8 nitrogen and oxygen atoms in total. The van der Waals surface area contributed by atoms with E-state index in [9.17, 15) is 18.0 Å². The van der Waals surface area contributed by atoms with Crippen LogP contribution >= 0.6 is 0 Å². The molecule has 2 saturated heterocycles. The predicted molar refractivity (Wildman–Crippen MR) is 183 cm³/mol. The van der Waals surface area contributed by atoms with Gasteiger partial charge in [-0.25, -0.2) is 17.8 Å². The van der Waals surface area contributed by atoms with E-state index in [0.29, 0.717) is 29.0 Å². The Labute approximate surface area is 277 Å². The van der Waals surface area contributed by atoms with E-state index < -0.39 is 9.84 Å². The van der Waals surface area contributed by atoms with E-state index in [1.165, 1.54) is 37.5 Å². The minimum atomic E-state index is -3.28. The van der Waals surface area contributed by atoms with Crippen LogP contribution in [0.5, 0.6) is 0 Å². The van der Waals surface area contributed by atoms with Gasteiger partial charge in [0.05, 0.1) is 17.9 Å². The van der Waals surface area contributed by atoms with Crippen LogP contribution < -0.4 is 5.32 Å². The number of nitrogens with zero attached hydrogens (tertiary/aromatic N) is 3. The first-order valence-electron chi connectivity index (χ1n) is 17.7. The number of amides is 3. The molecule has 9 heteroatoms. The number of urea groups is 1. The maximum atomic E-state index is 13.9. The van der Waals surface area contributed by atoms with Crippen molar-refractivity contribution < 1.29 is 22.6 Å². The third-order valence-corrected chi connectivity index (χ3v) is 12.0. The van der Waals surface area contributed by atoms with Gasteiger partial charge in [0.2, 0.25) is 0 Å². The quantitative estimate of drug-likeness (QED) is 0.288. The van der Waals surface area contributed by atoms with Crippen LogP contribution in [0.1, 0.15) is 94.6 Å². The lowest BCUT2D eigenvalue weighted by Gasteiger charge is -2.48. The maximum absolute atomic E-state index is 13.9. The SMILES string of the molecule is CCN(C(=O)Cc1ccc(S(C)(=O)=O)cc1)[N+]1(CCC(c2ccccc2)C2CCN(C(=O)NC3CCCCC3)CC2)CCCCC1. The average Bonchev–Trinajstić information content (AvgIpc) is 3.07. The number of piperidine rings is 2. The van der Waals surface area contributed by atoms with Gasteiger partial charge < -0.3 is 10.2 Å². The molecule has 0 spiro atoms. The Kier molecular flexibility index (Phi) is 11.8. The second-order valence-electron chi connectivity index (χ2n) is 13.9. The van der Waals surface area contributed by atoms with Crippen molar-refractivity contribution in [3.8, 4) is 0 Å². The number of rotatable bonds is 11. The van der Waals surface area contributed by atoms with Crippen molar-refractivity contribution in [2.75, 3.05) is 45.5 Å². The number of likely N-dealkylation sites (tertiary alicyclic amines) is 2. The molecular formula is C37H55N4O4S+. The van der Waals surface area contributed by atoms with Crippen LogP contribution in [0.15, 0.2) is 59.5 Å². The molecule has 2 aliphatic heterocycles. The maximum Gasteiger partial charge on any atom is 0.317 e. The molecule has 46 heavy (non-hydrogen) atoms. The van der Waals surface area contributed by atoms with E-state index in [0.717, 1.165) is 83.2 Å². The van der Waals surface area contributed by atoms with Gasteiger partial charge in [-0.2, -0.15) is 5.01 Å². The number of hydrogen-bond donors (Lipinski definition) is 1. The molecule has 3 fully saturated rings. The lowest BCUT2D eigenvalue weighted by atomic mass is 9.78. The van der Waals surface area contributed by atoms with Gasteiger partial charge >= 0.3 is 6.03 Å². The fourth-order valence-electron chi connectivity index (χ4n) is 8.29. The van der Waals surface area contributed by atoms with Gasteiger partial charge in [0, 0.05) is 31.8 Å². The number of nitrogens with one attached hydrogen (secondary N) is 1. The number of carbonyl (C=O) groups excluding carboxylic acids is 2. The number of quaternary nitrogens is 1. The van der Waals surface area contributed by atoms with Gasteiger partial charge in [-0.15, -0.1) is 0 Å². The van der Waals surface area contributed by atoms with E-state index in [4.69, 9.17) is 0 Å². The predicted octanol–water partition coefficient (Wildman–Crippen LogP) is 6.33. The minimum Gasteiger partial charge on any atom is -0.335 e. The van der Waals surface area contributed by atoms with Crippen molar-refractivity contribution in [2.24, 2.45) is 5.92 Å². The molecule has 5 rings (SSSR count). The summed E-state index contributed by atoms with van der Waals surface area (Å²) in [5.74, 6) is 0.967. The van der Waals surface area contributed by atoms with Crippen molar-refractivity contribution in [3.05, 3.63) is 65.7 Å². The average molecular weight is 652 g/mol. The molecule has 1 unspecified atom stereocenters. The van der Waals surface area contributed by atoms with E-state index >= 15 is 0 Å². The molecule has 1 N–H and O–H groups in total. The van der Waals surface area contributed by atoms with Crippen LogP contribution in [0.4, 0.5) is 4.79 Å². The van der Waals surface area contributed by atoms with Crippen molar-refractivity contribution in [2.45, 2.75) is 101 Å². The van der Waals surface area contributed by atoms with Crippen LogP contribution in [0.25, 0.3) is 0 Å². The second-order valence-corrected chi connectivity index (χ2v) is 16.0. The summed E-state index contributed by atoms with van der Waals surface area (Å²) < 4.78 is 24.6. The summed E-state index contributed by atoms with van der Waals surface area (Å²) in [6.45, 7) is 7.16. The Morgan fingerprint density at radius 1 is 0.891 bits per heavy atom. The molecule has 252 valence electrons. The molecule has 1 aliphatic carbocycles. The number of carbonyl (C=O) groups is 2. The van der Waals surface area contributed by atoms with Crippen molar-refractivity contribution in [1.82, 2.24) is 15.2 Å². The summed E-state index contributed by atoms with van der Waals surface area (Å²) in [7, 11) is -3.28. The molecule has 2 aromatic carbocycles. The monoisotopic (exact) mass is 651 g/mol. The molecule has 1 saturated carbocycles. The Hall–Kier alpha value is -2.91. The number of likely N-dealkylation sites (N-methyl/N-ethyl adjacent to an activating group) is 1. The summed E-state index contributed by atoms with van der Waals surface area (Å²) in [5.41, 5.74) is 2.20. The molecular weight excluding hydrogens is 596 g/mol. The lowest BCUT2D eigenvalue weighted by Crippen LogP contribution is -2.65. The first-order chi connectivity index (χ1) is 22.2. The summed E-state index contributed by atoms with van der Waals surface area (Å²) in [6.07, 6.45) is 13.8. The number of benzene rings is 2. The van der Waals surface area contributed by atoms with Crippen molar-refractivity contribution >= 4 is 21.8 Å². The highest BCUT2D eigenvalue weighted by Gasteiger charge is 2.41. The summed E-state index contributed by atoms with van der Waals surface area (Å²) in [6, 6.07) is 18.1. The lowest BCUT2D eigenvalue weighted by molar-refractivity contribution is -1.03. The summed E-state index contributed by atoms with van der Waals surface area (Å²) >= 11 is 0. The molecule has 0 aromatic heterocycles. The topological polar surface area (TPSA) is 86.8 Å². The van der Waals surface area contributed by atoms with Crippen LogP contribution in [0.3, 0.4) is 0 Å². The standard InChI is InChI=1S/C37H54N4O4S/c1-3-40(36(42)29-30-17-19-34(20-18-30)46(2,44)45)41(26-11-6-12-27-41)28-23-35(31-13-7-4-8-14-31)32-21-24-39(25-22-32)37(43)38-33-15-9-5-10-16-33/h4,7-8,13-14,17-20,32-33,35H,3,5-6,9-12,15-16,21-29H2,1-2H3/p+1.